The molecule has 7 heteroatoms. The number of esters is 1. The normalized spacial score (nSPS) is 17.7. The molecule has 1 saturated heterocycles. The Morgan fingerprint density at radius 1 is 1.23 bits per heavy atom. The Hall–Kier alpha value is -2.57. The van der Waals surface area contributed by atoms with E-state index in [1.807, 2.05) is 27.7 Å². The summed E-state index contributed by atoms with van der Waals surface area (Å²) in [5, 5.41) is 0. The van der Waals surface area contributed by atoms with Crippen LogP contribution in [0.4, 0.5) is 10.5 Å². The highest BCUT2D eigenvalue weighted by Gasteiger charge is 2.30. The van der Waals surface area contributed by atoms with Gasteiger partial charge in [-0.2, -0.15) is 0 Å². The molecule has 26 heavy (non-hydrogen) atoms. The number of amides is 1. The van der Waals surface area contributed by atoms with Crippen LogP contribution < -0.4 is 4.90 Å². The van der Waals surface area contributed by atoms with E-state index in [1.54, 1.807) is 23.1 Å². The van der Waals surface area contributed by atoms with E-state index in [0.29, 0.717) is 25.9 Å². The number of rotatable bonds is 3. The van der Waals surface area contributed by atoms with Crippen molar-refractivity contribution in [3.63, 3.8) is 0 Å². The van der Waals surface area contributed by atoms with Gasteiger partial charge in [0.25, 0.3) is 0 Å². The number of methoxy groups -OCH3 is 1. The van der Waals surface area contributed by atoms with E-state index in [2.05, 4.69) is 4.90 Å². The molecule has 1 aromatic carbocycles. The number of carbonyl (C=O) groups excluding carboxylic acids is 3. The molecular formula is C19H26N2O5. The van der Waals surface area contributed by atoms with Crippen molar-refractivity contribution in [2.75, 3.05) is 31.6 Å². The van der Waals surface area contributed by atoms with Gasteiger partial charge in [-0.05, 0) is 45.9 Å². The fraction of sp³-hybridized carbons (Fsp3) is 0.526. The van der Waals surface area contributed by atoms with Crippen LogP contribution in [0.25, 0.3) is 0 Å². The quantitative estimate of drug-likeness (QED) is 0.608. The third-order valence-corrected chi connectivity index (χ3v) is 4.18. The minimum absolute atomic E-state index is 0.0414. The molecule has 0 spiro atoms. The molecule has 0 bridgehead atoms. The van der Waals surface area contributed by atoms with E-state index in [-0.39, 0.29) is 23.3 Å². The number of aldehydes is 1. The van der Waals surface area contributed by atoms with Gasteiger partial charge in [0.15, 0.2) is 6.29 Å². The summed E-state index contributed by atoms with van der Waals surface area (Å²) >= 11 is 0. The Bertz CT molecular complexity index is 696. The predicted molar refractivity (Wildman–Crippen MR) is 97.8 cm³/mol. The summed E-state index contributed by atoms with van der Waals surface area (Å²) in [6, 6.07) is 5.11. The summed E-state index contributed by atoms with van der Waals surface area (Å²) in [7, 11) is 1.28. The van der Waals surface area contributed by atoms with Crippen molar-refractivity contribution in [3.8, 4) is 0 Å². The number of hydrogen-bond acceptors (Lipinski definition) is 6. The molecule has 1 fully saturated rings. The predicted octanol–water partition coefficient (Wildman–Crippen LogP) is 2.73. The van der Waals surface area contributed by atoms with Gasteiger partial charge in [0.05, 0.1) is 12.7 Å². The molecular weight excluding hydrogens is 336 g/mol. The summed E-state index contributed by atoms with van der Waals surface area (Å²) in [5.74, 6) is -0.540. The minimum atomic E-state index is -0.540. The molecule has 0 unspecified atom stereocenters. The van der Waals surface area contributed by atoms with E-state index in [4.69, 9.17) is 9.47 Å². The first kappa shape index (κ1) is 19.8. The lowest BCUT2D eigenvalue weighted by Gasteiger charge is -2.41. The second-order valence-electron chi connectivity index (χ2n) is 7.35. The molecule has 1 atom stereocenters. The highest BCUT2D eigenvalue weighted by molar-refractivity contribution is 5.99. The number of benzene rings is 1. The molecule has 1 amide bonds. The first-order chi connectivity index (χ1) is 12.2. The number of piperazine rings is 1. The van der Waals surface area contributed by atoms with Crippen molar-refractivity contribution in [1.82, 2.24) is 4.90 Å². The van der Waals surface area contributed by atoms with Crippen LogP contribution in [0.2, 0.25) is 0 Å². The Balaban J connectivity index is 2.13. The second-order valence-corrected chi connectivity index (χ2v) is 7.35. The lowest BCUT2D eigenvalue weighted by atomic mass is 10.1. The molecule has 2 rings (SSSR count). The van der Waals surface area contributed by atoms with Crippen molar-refractivity contribution < 1.29 is 23.9 Å². The van der Waals surface area contributed by atoms with Gasteiger partial charge in [0.2, 0.25) is 0 Å². The summed E-state index contributed by atoms with van der Waals surface area (Å²) in [5.41, 5.74) is 0.832. The third-order valence-electron chi connectivity index (χ3n) is 4.18. The van der Waals surface area contributed by atoms with E-state index in [0.717, 1.165) is 5.69 Å². The largest absolute Gasteiger partial charge is 0.465 e. The Morgan fingerprint density at radius 2 is 1.92 bits per heavy atom. The van der Waals surface area contributed by atoms with Crippen LogP contribution in [0.5, 0.6) is 0 Å². The van der Waals surface area contributed by atoms with Crippen LogP contribution in [0.15, 0.2) is 18.2 Å². The Morgan fingerprint density at radius 3 is 2.46 bits per heavy atom. The lowest BCUT2D eigenvalue weighted by Crippen LogP contribution is -2.54. The first-order valence-corrected chi connectivity index (χ1v) is 8.58. The van der Waals surface area contributed by atoms with Crippen molar-refractivity contribution >= 4 is 24.0 Å². The van der Waals surface area contributed by atoms with Crippen LogP contribution in [-0.4, -0.2) is 61.6 Å². The highest BCUT2D eigenvalue weighted by atomic mass is 16.6. The number of carbonyl (C=O) groups is 3. The highest BCUT2D eigenvalue weighted by Crippen LogP contribution is 2.24. The summed E-state index contributed by atoms with van der Waals surface area (Å²) in [4.78, 5) is 39.1. The molecule has 1 aliphatic heterocycles. The van der Waals surface area contributed by atoms with Crippen LogP contribution in [0.1, 0.15) is 48.4 Å². The van der Waals surface area contributed by atoms with Crippen molar-refractivity contribution in [1.29, 1.82) is 0 Å². The van der Waals surface area contributed by atoms with Crippen LogP contribution in [-0.2, 0) is 9.47 Å². The number of nitrogens with zero attached hydrogens (tertiary/aromatic N) is 2. The fourth-order valence-corrected chi connectivity index (χ4v) is 2.96. The van der Waals surface area contributed by atoms with Crippen molar-refractivity contribution in [2.45, 2.75) is 39.3 Å². The fourth-order valence-electron chi connectivity index (χ4n) is 2.96. The summed E-state index contributed by atoms with van der Waals surface area (Å²) in [6.07, 6.45) is 0.329. The maximum atomic E-state index is 12.2. The van der Waals surface area contributed by atoms with E-state index < -0.39 is 11.6 Å². The molecule has 0 N–H and O–H groups in total. The number of anilines is 1. The summed E-state index contributed by atoms with van der Waals surface area (Å²) in [6.45, 7) is 9.18. The van der Waals surface area contributed by atoms with Gasteiger partial charge >= 0.3 is 12.1 Å². The molecule has 0 aliphatic carbocycles. The van der Waals surface area contributed by atoms with Gasteiger partial charge in [0, 0.05) is 36.9 Å². The van der Waals surface area contributed by atoms with Crippen LogP contribution in [0.3, 0.4) is 0 Å². The van der Waals surface area contributed by atoms with Gasteiger partial charge in [0.1, 0.15) is 5.60 Å². The zero-order valence-corrected chi connectivity index (χ0v) is 15.9. The van der Waals surface area contributed by atoms with Gasteiger partial charge < -0.3 is 19.3 Å². The van der Waals surface area contributed by atoms with E-state index in [9.17, 15) is 14.4 Å². The maximum Gasteiger partial charge on any atom is 0.410 e. The van der Waals surface area contributed by atoms with Gasteiger partial charge in [-0.3, -0.25) is 4.79 Å². The molecule has 0 saturated carbocycles. The van der Waals surface area contributed by atoms with E-state index >= 15 is 0 Å². The van der Waals surface area contributed by atoms with Gasteiger partial charge in [-0.25, -0.2) is 9.59 Å². The van der Waals surface area contributed by atoms with Crippen molar-refractivity contribution in [2.24, 2.45) is 0 Å². The first-order valence-electron chi connectivity index (χ1n) is 8.58. The van der Waals surface area contributed by atoms with Crippen LogP contribution in [0, 0.1) is 0 Å². The lowest BCUT2D eigenvalue weighted by molar-refractivity contribution is 0.0218. The smallest absolute Gasteiger partial charge is 0.410 e. The maximum absolute atomic E-state index is 12.2. The average molecular weight is 362 g/mol. The number of hydrogen-bond donors (Lipinski definition) is 0. The molecule has 0 aromatic heterocycles. The van der Waals surface area contributed by atoms with Crippen LogP contribution >= 0.6 is 0 Å². The molecule has 1 heterocycles. The molecule has 1 aromatic rings. The minimum Gasteiger partial charge on any atom is -0.465 e. The molecule has 142 valence electrons. The van der Waals surface area contributed by atoms with Gasteiger partial charge in [-0.1, -0.05) is 0 Å². The standard InChI is InChI=1S/C19H26N2O5/c1-13-11-20(18(24)26-19(2,3)4)8-9-21(13)15-6-7-16(17(23)25-5)14(10-15)12-22/h6-7,10,12-13H,8-9,11H2,1-5H3/t13-/m1/s1. The Labute approximate surface area is 153 Å². The Kier molecular flexibility index (Phi) is 5.90. The molecule has 0 radical (unpaired) electrons. The zero-order chi connectivity index (χ0) is 19.5. The topological polar surface area (TPSA) is 76.2 Å². The SMILES string of the molecule is COC(=O)c1ccc(N2CCN(C(=O)OC(C)(C)C)C[C@H]2C)cc1C=O. The monoisotopic (exact) mass is 362 g/mol. The summed E-state index contributed by atoms with van der Waals surface area (Å²) < 4.78 is 10.1. The van der Waals surface area contributed by atoms with E-state index in [1.165, 1.54) is 7.11 Å². The zero-order valence-electron chi connectivity index (χ0n) is 15.9. The molecule has 7 nitrogen and oxygen atoms in total. The second kappa shape index (κ2) is 7.76. The van der Waals surface area contributed by atoms with Crippen molar-refractivity contribution in [3.05, 3.63) is 29.3 Å². The third kappa shape index (κ3) is 4.53. The molecule has 1 aliphatic rings. The van der Waals surface area contributed by atoms with Gasteiger partial charge in [-0.15, -0.1) is 0 Å². The average Bonchev–Trinajstić information content (AvgIpc) is 2.59. The number of ether oxygens (including phenoxy) is 2.